The Kier molecular flexibility index (Phi) is 3.39. The molecule has 0 aliphatic carbocycles. The van der Waals surface area contributed by atoms with E-state index in [2.05, 4.69) is 4.72 Å². The number of nitro groups is 1. The van der Waals surface area contributed by atoms with Crippen LogP contribution in [0.25, 0.3) is 0 Å². The molecule has 1 aromatic rings. The molecular weight excluding hydrogens is 256 g/mol. The normalized spacial score (nSPS) is 11.2. The number of hydrogen-bond donors (Lipinski definition) is 1. The Labute approximate surface area is 97.4 Å². The van der Waals surface area contributed by atoms with Gasteiger partial charge >= 0.3 is 0 Å². The van der Waals surface area contributed by atoms with Crippen LogP contribution in [0.3, 0.4) is 0 Å². The molecule has 0 fully saturated rings. The molecule has 0 amide bonds. The van der Waals surface area contributed by atoms with Gasteiger partial charge in [0.15, 0.2) is 0 Å². The number of halogens is 1. The van der Waals surface area contributed by atoms with Crippen molar-refractivity contribution in [3.63, 3.8) is 0 Å². The summed E-state index contributed by atoms with van der Waals surface area (Å²) in [6.45, 7) is 1.60. The van der Waals surface area contributed by atoms with Crippen LogP contribution < -0.4 is 4.72 Å². The van der Waals surface area contributed by atoms with Crippen LogP contribution in [0.1, 0.15) is 5.56 Å². The number of benzene rings is 1. The van der Waals surface area contributed by atoms with E-state index in [-0.39, 0.29) is 16.4 Å². The van der Waals surface area contributed by atoms with Crippen LogP contribution in [0.15, 0.2) is 12.1 Å². The summed E-state index contributed by atoms with van der Waals surface area (Å²) in [5, 5.41) is 10.6. The van der Waals surface area contributed by atoms with Gasteiger partial charge in [-0.25, -0.2) is 8.42 Å². The van der Waals surface area contributed by atoms with Gasteiger partial charge in [0.05, 0.1) is 16.9 Å². The lowest BCUT2D eigenvalue weighted by Crippen LogP contribution is -2.11. The zero-order chi connectivity index (χ0) is 12.5. The highest BCUT2D eigenvalue weighted by Crippen LogP contribution is 2.30. The van der Waals surface area contributed by atoms with Gasteiger partial charge in [0.25, 0.3) is 5.69 Å². The molecule has 8 heteroatoms. The van der Waals surface area contributed by atoms with E-state index < -0.39 is 14.9 Å². The molecule has 1 rings (SSSR count). The monoisotopic (exact) mass is 264 g/mol. The predicted octanol–water partition coefficient (Wildman–Crippen LogP) is 1.93. The zero-order valence-corrected chi connectivity index (χ0v) is 10.1. The van der Waals surface area contributed by atoms with Gasteiger partial charge in [0, 0.05) is 6.07 Å². The summed E-state index contributed by atoms with van der Waals surface area (Å²) in [5.41, 5.74) is 0.332. The molecule has 16 heavy (non-hydrogen) atoms. The number of sulfonamides is 1. The molecule has 1 N–H and O–H groups in total. The quantitative estimate of drug-likeness (QED) is 0.667. The predicted molar refractivity (Wildman–Crippen MR) is 61.3 cm³/mol. The van der Waals surface area contributed by atoms with Gasteiger partial charge in [0.2, 0.25) is 10.0 Å². The van der Waals surface area contributed by atoms with E-state index in [0.29, 0.717) is 5.56 Å². The van der Waals surface area contributed by atoms with Crippen molar-refractivity contribution >= 4 is 33.0 Å². The van der Waals surface area contributed by atoms with Crippen LogP contribution in [0, 0.1) is 17.0 Å². The molecule has 0 aliphatic rings. The van der Waals surface area contributed by atoms with E-state index in [1.165, 1.54) is 6.07 Å². The largest absolute Gasteiger partial charge is 0.289 e. The second kappa shape index (κ2) is 4.26. The minimum absolute atomic E-state index is 0.0263. The lowest BCUT2D eigenvalue weighted by molar-refractivity contribution is -0.384. The van der Waals surface area contributed by atoms with Crippen LogP contribution in [-0.4, -0.2) is 19.6 Å². The summed E-state index contributed by atoms with van der Waals surface area (Å²) < 4.78 is 24.2. The van der Waals surface area contributed by atoms with Crippen LogP contribution in [0.4, 0.5) is 11.4 Å². The topological polar surface area (TPSA) is 89.3 Å². The van der Waals surface area contributed by atoms with Crippen molar-refractivity contribution in [2.24, 2.45) is 0 Å². The Balaban J connectivity index is 3.31. The van der Waals surface area contributed by atoms with Crippen molar-refractivity contribution in [2.75, 3.05) is 11.0 Å². The maximum atomic E-state index is 11.0. The summed E-state index contributed by atoms with van der Waals surface area (Å²) in [6.07, 6.45) is 0.965. The molecule has 0 spiro atoms. The van der Waals surface area contributed by atoms with E-state index in [4.69, 9.17) is 11.6 Å². The second-order valence-corrected chi connectivity index (χ2v) is 5.41. The Bertz CT molecular complexity index is 541. The summed E-state index contributed by atoms with van der Waals surface area (Å²) in [7, 11) is -3.47. The lowest BCUT2D eigenvalue weighted by atomic mass is 10.2. The first kappa shape index (κ1) is 12.7. The third-order valence-electron chi connectivity index (χ3n) is 1.79. The van der Waals surface area contributed by atoms with Crippen LogP contribution in [-0.2, 0) is 10.0 Å². The minimum atomic E-state index is -3.47. The first-order valence-corrected chi connectivity index (χ1v) is 6.40. The molecule has 0 bridgehead atoms. The molecule has 0 heterocycles. The van der Waals surface area contributed by atoms with E-state index >= 15 is 0 Å². The van der Waals surface area contributed by atoms with Crippen molar-refractivity contribution in [1.82, 2.24) is 0 Å². The Morgan fingerprint density at radius 2 is 2.00 bits per heavy atom. The number of hydrogen-bond acceptors (Lipinski definition) is 4. The molecule has 0 aliphatic heterocycles. The SMILES string of the molecule is Cc1cc(Cl)c([N+](=O)[O-])cc1NS(C)(=O)=O. The molecule has 6 nitrogen and oxygen atoms in total. The summed E-state index contributed by atoms with van der Waals surface area (Å²) >= 11 is 5.65. The number of nitrogens with one attached hydrogen (secondary N) is 1. The van der Waals surface area contributed by atoms with Crippen LogP contribution in [0.2, 0.25) is 5.02 Å². The molecule has 0 saturated heterocycles. The van der Waals surface area contributed by atoms with Gasteiger partial charge in [-0.1, -0.05) is 11.6 Å². The maximum Gasteiger partial charge on any atom is 0.289 e. The van der Waals surface area contributed by atoms with Crippen molar-refractivity contribution in [3.05, 3.63) is 32.8 Å². The Hall–Kier alpha value is -1.34. The first-order valence-electron chi connectivity index (χ1n) is 4.13. The minimum Gasteiger partial charge on any atom is -0.283 e. The van der Waals surface area contributed by atoms with Gasteiger partial charge < -0.3 is 0 Å². The fourth-order valence-corrected chi connectivity index (χ4v) is 2.02. The van der Waals surface area contributed by atoms with Gasteiger partial charge in [-0.15, -0.1) is 0 Å². The molecule has 0 saturated carbocycles. The summed E-state index contributed by atoms with van der Waals surface area (Å²) in [5.74, 6) is 0. The molecule has 88 valence electrons. The molecule has 0 unspecified atom stereocenters. The van der Waals surface area contributed by atoms with E-state index in [9.17, 15) is 18.5 Å². The number of nitro benzene ring substituents is 1. The maximum absolute atomic E-state index is 11.0. The van der Waals surface area contributed by atoms with Crippen LogP contribution in [0.5, 0.6) is 0 Å². The van der Waals surface area contributed by atoms with Gasteiger partial charge in [-0.05, 0) is 18.6 Å². The highest BCUT2D eigenvalue weighted by atomic mass is 35.5. The third-order valence-corrected chi connectivity index (χ3v) is 2.68. The van der Waals surface area contributed by atoms with Crippen molar-refractivity contribution < 1.29 is 13.3 Å². The fraction of sp³-hybridized carbons (Fsp3) is 0.250. The standard InChI is InChI=1S/C8H9ClN2O4S/c1-5-3-6(9)8(11(12)13)4-7(5)10-16(2,14)15/h3-4,10H,1-2H3. The number of nitrogens with zero attached hydrogens (tertiary/aromatic N) is 1. The molecule has 0 radical (unpaired) electrons. The number of rotatable bonds is 3. The molecular formula is C8H9ClN2O4S. The number of anilines is 1. The van der Waals surface area contributed by atoms with Crippen molar-refractivity contribution in [3.8, 4) is 0 Å². The average Bonchev–Trinajstić information content (AvgIpc) is 2.07. The van der Waals surface area contributed by atoms with E-state index in [1.54, 1.807) is 6.92 Å². The highest BCUT2D eigenvalue weighted by Gasteiger charge is 2.16. The smallest absolute Gasteiger partial charge is 0.283 e. The number of aryl methyl sites for hydroxylation is 1. The van der Waals surface area contributed by atoms with Crippen molar-refractivity contribution in [1.29, 1.82) is 0 Å². The average molecular weight is 265 g/mol. The van der Waals surface area contributed by atoms with Gasteiger partial charge in [-0.2, -0.15) is 0 Å². The zero-order valence-electron chi connectivity index (χ0n) is 8.52. The van der Waals surface area contributed by atoms with E-state index in [0.717, 1.165) is 12.3 Å². The van der Waals surface area contributed by atoms with Gasteiger partial charge in [0.1, 0.15) is 5.02 Å². The molecule has 1 aromatic carbocycles. The Morgan fingerprint density at radius 1 is 1.44 bits per heavy atom. The highest BCUT2D eigenvalue weighted by molar-refractivity contribution is 7.92. The third kappa shape index (κ3) is 3.07. The Morgan fingerprint density at radius 3 is 2.44 bits per heavy atom. The van der Waals surface area contributed by atoms with Gasteiger partial charge in [-0.3, -0.25) is 14.8 Å². The van der Waals surface area contributed by atoms with E-state index in [1.807, 2.05) is 0 Å². The summed E-state index contributed by atoms with van der Waals surface area (Å²) in [4.78, 5) is 9.92. The van der Waals surface area contributed by atoms with Crippen LogP contribution >= 0.6 is 11.6 Å². The molecule has 0 aromatic heterocycles. The van der Waals surface area contributed by atoms with Crippen molar-refractivity contribution in [2.45, 2.75) is 6.92 Å². The fourth-order valence-electron chi connectivity index (χ4n) is 1.11. The second-order valence-electron chi connectivity index (χ2n) is 3.25. The lowest BCUT2D eigenvalue weighted by Gasteiger charge is -2.07. The molecule has 0 atom stereocenters. The first-order chi connectivity index (χ1) is 7.20. The summed E-state index contributed by atoms with van der Waals surface area (Å²) in [6, 6.07) is 2.44.